The summed E-state index contributed by atoms with van der Waals surface area (Å²) in [7, 11) is 2.02. The summed E-state index contributed by atoms with van der Waals surface area (Å²) < 4.78 is 0. The zero-order chi connectivity index (χ0) is 16.2. The monoisotopic (exact) mass is 316 g/mol. The van der Waals surface area contributed by atoms with E-state index in [1.807, 2.05) is 19.2 Å². The summed E-state index contributed by atoms with van der Waals surface area (Å²) in [5, 5.41) is 8.91. The molecule has 0 saturated carbocycles. The predicted octanol–water partition coefficient (Wildman–Crippen LogP) is 1.09. The molecule has 6 nitrogen and oxygen atoms in total. The fraction of sp³-hybridized carbons (Fsp3) is 0.529. The zero-order valence-corrected chi connectivity index (χ0v) is 13.5. The quantitative estimate of drug-likeness (QED) is 0.725. The van der Waals surface area contributed by atoms with Crippen LogP contribution in [0.2, 0.25) is 0 Å². The van der Waals surface area contributed by atoms with E-state index in [9.17, 15) is 9.59 Å². The molecule has 2 heterocycles. The van der Waals surface area contributed by atoms with Crippen LogP contribution in [0, 0.1) is 0 Å². The van der Waals surface area contributed by atoms with Crippen molar-refractivity contribution in [1.82, 2.24) is 10.6 Å². The van der Waals surface area contributed by atoms with E-state index in [0.717, 1.165) is 31.6 Å². The van der Waals surface area contributed by atoms with Gasteiger partial charge in [-0.25, -0.2) is 0 Å². The number of rotatable bonds is 4. The summed E-state index contributed by atoms with van der Waals surface area (Å²) in [6, 6.07) is 8.48. The fourth-order valence-corrected chi connectivity index (χ4v) is 3.23. The van der Waals surface area contributed by atoms with Gasteiger partial charge in [0.1, 0.15) is 6.04 Å². The Kier molecular flexibility index (Phi) is 4.81. The van der Waals surface area contributed by atoms with E-state index in [2.05, 4.69) is 33.0 Å². The molecule has 2 aliphatic rings. The van der Waals surface area contributed by atoms with Crippen LogP contribution in [-0.2, 0) is 9.59 Å². The number of imide groups is 1. The molecule has 0 radical (unpaired) electrons. The maximum Gasteiger partial charge on any atom is 0.249 e. The molecule has 3 N–H and O–H groups in total. The van der Waals surface area contributed by atoms with Crippen LogP contribution in [0.25, 0.3) is 0 Å². The Morgan fingerprint density at radius 1 is 1.09 bits per heavy atom. The molecule has 1 aromatic rings. The second-order valence-electron chi connectivity index (χ2n) is 6.24. The molecule has 2 amide bonds. The van der Waals surface area contributed by atoms with E-state index >= 15 is 0 Å². The Bertz CT molecular complexity index is 564. The van der Waals surface area contributed by atoms with Crippen molar-refractivity contribution in [2.75, 3.05) is 30.4 Å². The van der Waals surface area contributed by atoms with E-state index in [4.69, 9.17) is 0 Å². The van der Waals surface area contributed by atoms with Gasteiger partial charge in [-0.15, -0.1) is 0 Å². The first kappa shape index (κ1) is 15.8. The minimum absolute atomic E-state index is 0.187. The van der Waals surface area contributed by atoms with Crippen molar-refractivity contribution in [2.45, 2.75) is 37.8 Å². The van der Waals surface area contributed by atoms with E-state index in [0.29, 0.717) is 18.9 Å². The molecule has 124 valence electrons. The van der Waals surface area contributed by atoms with Gasteiger partial charge in [0, 0.05) is 36.9 Å². The third-order valence-corrected chi connectivity index (χ3v) is 4.72. The van der Waals surface area contributed by atoms with Crippen LogP contribution in [-0.4, -0.2) is 44.0 Å². The van der Waals surface area contributed by atoms with Gasteiger partial charge in [-0.05, 0) is 50.6 Å². The standard InChI is InChI=1S/C17H24N4O2/c1-18-12-8-10-21(11-9-12)14-4-2-13(3-5-14)19-15-6-7-16(22)20-17(15)23/h2-5,12,15,18-19H,6-11H2,1H3,(H,20,22,23). The lowest BCUT2D eigenvalue weighted by molar-refractivity contribution is -0.133. The molecule has 3 rings (SSSR count). The average molecular weight is 316 g/mol. The molecule has 0 aromatic heterocycles. The normalized spacial score (nSPS) is 22.8. The molecular weight excluding hydrogens is 292 g/mol. The SMILES string of the molecule is CNC1CCN(c2ccc(NC3CCC(=O)NC3=O)cc2)CC1. The molecule has 1 atom stereocenters. The number of carbonyl (C=O) groups excluding carboxylic acids is 2. The largest absolute Gasteiger partial charge is 0.374 e. The number of amides is 2. The molecule has 2 aliphatic heterocycles. The first-order valence-electron chi connectivity index (χ1n) is 8.28. The fourth-order valence-electron chi connectivity index (χ4n) is 3.23. The number of piperidine rings is 2. The molecule has 1 aromatic carbocycles. The first-order chi connectivity index (χ1) is 11.2. The Morgan fingerprint density at radius 3 is 2.39 bits per heavy atom. The number of hydrogen-bond donors (Lipinski definition) is 3. The molecule has 23 heavy (non-hydrogen) atoms. The summed E-state index contributed by atoms with van der Waals surface area (Å²) >= 11 is 0. The molecule has 0 aliphatic carbocycles. The van der Waals surface area contributed by atoms with Gasteiger partial charge in [-0.1, -0.05) is 0 Å². The Labute approximate surface area is 136 Å². The number of nitrogens with one attached hydrogen (secondary N) is 3. The molecule has 1 unspecified atom stereocenters. The van der Waals surface area contributed by atoms with Crippen molar-refractivity contribution in [1.29, 1.82) is 0 Å². The number of nitrogens with zero attached hydrogens (tertiary/aromatic N) is 1. The van der Waals surface area contributed by atoms with Gasteiger partial charge in [0.15, 0.2) is 0 Å². The van der Waals surface area contributed by atoms with E-state index in [1.54, 1.807) is 0 Å². The van der Waals surface area contributed by atoms with E-state index in [-0.39, 0.29) is 17.9 Å². The van der Waals surface area contributed by atoms with Crippen molar-refractivity contribution in [2.24, 2.45) is 0 Å². The number of hydrogen-bond acceptors (Lipinski definition) is 5. The topological polar surface area (TPSA) is 73.5 Å². The Hall–Kier alpha value is -2.08. The highest BCUT2D eigenvalue weighted by Crippen LogP contribution is 2.23. The van der Waals surface area contributed by atoms with Crippen LogP contribution in [0.3, 0.4) is 0 Å². The lowest BCUT2D eigenvalue weighted by Gasteiger charge is -2.33. The van der Waals surface area contributed by atoms with Crippen LogP contribution in [0.1, 0.15) is 25.7 Å². The third kappa shape index (κ3) is 3.82. The summed E-state index contributed by atoms with van der Waals surface area (Å²) in [5.41, 5.74) is 2.13. The van der Waals surface area contributed by atoms with Gasteiger partial charge < -0.3 is 15.5 Å². The van der Waals surface area contributed by atoms with Crippen molar-refractivity contribution >= 4 is 23.2 Å². The number of anilines is 2. The maximum atomic E-state index is 11.8. The molecule has 2 saturated heterocycles. The van der Waals surface area contributed by atoms with Gasteiger partial charge in [-0.2, -0.15) is 0 Å². The average Bonchev–Trinajstić information content (AvgIpc) is 2.58. The zero-order valence-electron chi connectivity index (χ0n) is 13.5. The van der Waals surface area contributed by atoms with Gasteiger partial charge in [0.05, 0.1) is 0 Å². The molecule has 2 fully saturated rings. The predicted molar refractivity (Wildman–Crippen MR) is 90.5 cm³/mol. The molecular formula is C17H24N4O2. The highest BCUT2D eigenvalue weighted by atomic mass is 16.2. The van der Waals surface area contributed by atoms with E-state index < -0.39 is 0 Å². The lowest BCUT2D eigenvalue weighted by Crippen LogP contribution is -2.47. The van der Waals surface area contributed by atoms with Crippen LogP contribution in [0.5, 0.6) is 0 Å². The molecule has 6 heteroatoms. The lowest BCUT2D eigenvalue weighted by atomic mass is 10.0. The van der Waals surface area contributed by atoms with Gasteiger partial charge in [0.2, 0.25) is 11.8 Å². The highest BCUT2D eigenvalue weighted by molar-refractivity contribution is 6.01. The second-order valence-corrected chi connectivity index (χ2v) is 6.24. The van der Waals surface area contributed by atoms with E-state index in [1.165, 1.54) is 5.69 Å². The Morgan fingerprint density at radius 2 is 1.78 bits per heavy atom. The first-order valence-corrected chi connectivity index (χ1v) is 8.28. The minimum atomic E-state index is -0.329. The summed E-state index contributed by atoms with van der Waals surface area (Å²) in [5.74, 6) is -0.423. The van der Waals surface area contributed by atoms with Crippen LogP contribution in [0.4, 0.5) is 11.4 Å². The van der Waals surface area contributed by atoms with Gasteiger partial charge in [0.25, 0.3) is 0 Å². The third-order valence-electron chi connectivity index (χ3n) is 4.72. The van der Waals surface area contributed by atoms with Crippen molar-refractivity contribution in [3.05, 3.63) is 24.3 Å². The van der Waals surface area contributed by atoms with Crippen LogP contribution >= 0.6 is 0 Å². The number of carbonyl (C=O) groups is 2. The summed E-state index contributed by atoms with van der Waals surface area (Å²) in [6.07, 6.45) is 3.26. The van der Waals surface area contributed by atoms with Crippen molar-refractivity contribution in [3.8, 4) is 0 Å². The summed E-state index contributed by atoms with van der Waals surface area (Å²) in [6.45, 7) is 2.12. The van der Waals surface area contributed by atoms with Gasteiger partial charge >= 0.3 is 0 Å². The molecule has 0 spiro atoms. The maximum absolute atomic E-state index is 11.8. The van der Waals surface area contributed by atoms with Gasteiger partial charge in [-0.3, -0.25) is 14.9 Å². The van der Waals surface area contributed by atoms with Crippen molar-refractivity contribution < 1.29 is 9.59 Å². The highest BCUT2D eigenvalue weighted by Gasteiger charge is 2.26. The number of benzene rings is 1. The Balaban J connectivity index is 1.57. The van der Waals surface area contributed by atoms with Crippen molar-refractivity contribution in [3.63, 3.8) is 0 Å². The van der Waals surface area contributed by atoms with Crippen LogP contribution in [0.15, 0.2) is 24.3 Å². The summed E-state index contributed by atoms with van der Waals surface area (Å²) in [4.78, 5) is 25.3. The molecule has 0 bridgehead atoms. The second kappa shape index (κ2) is 7.00. The van der Waals surface area contributed by atoms with Crippen LogP contribution < -0.4 is 20.9 Å². The smallest absolute Gasteiger partial charge is 0.249 e. The minimum Gasteiger partial charge on any atom is -0.374 e.